The maximum atomic E-state index is 9.47. The van der Waals surface area contributed by atoms with E-state index in [0.29, 0.717) is 12.6 Å². The number of phenols is 1. The molecule has 2 fully saturated rings. The SMILES string of the molecule is CCNC(=NCc1ccc(O)cc1)N1CC2OCCN(Cc3ccccc3)C2C1.I. The lowest BCUT2D eigenvalue weighted by atomic mass is 10.1. The van der Waals surface area contributed by atoms with Crippen LogP contribution in [0.2, 0.25) is 0 Å². The first kappa shape index (κ1) is 22.8. The molecule has 0 radical (unpaired) electrons. The summed E-state index contributed by atoms with van der Waals surface area (Å²) in [6.07, 6.45) is 0.213. The van der Waals surface area contributed by atoms with E-state index in [1.807, 2.05) is 12.1 Å². The van der Waals surface area contributed by atoms with E-state index >= 15 is 0 Å². The summed E-state index contributed by atoms with van der Waals surface area (Å²) in [7, 11) is 0. The van der Waals surface area contributed by atoms with Crippen LogP contribution < -0.4 is 5.32 Å². The number of hydrogen-bond acceptors (Lipinski definition) is 4. The van der Waals surface area contributed by atoms with Gasteiger partial charge in [0.2, 0.25) is 0 Å². The molecule has 7 heteroatoms. The maximum Gasteiger partial charge on any atom is 0.194 e. The van der Waals surface area contributed by atoms with Crippen LogP contribution in [0, 0.1) is 0 Å². The number of fused-ring (bicyclic) bond motifs is 1. The van der Waals surface area contributed by atoms with E-state index in [2.05, 4.69) is 52.4 Å². The number of phenolic OH excluding ortho intramolecular Hbond substituents is 1. The summed E-state index contributed by atoms with van der Waals surface area (Å²) in [6, 6.07) is 18.3. The van der Waals surface area contributed by atoms with Crippen LogP contribution in [0.4, 0.5) is 0 Å². The number of nitrogens with zero attached hydrogens (tertiary/aromatic N) is 3. The second kappa shape index (κ2) is 11.0. The van der Waals surface area contributed by atoms with Crippen molar-refractivity contribution in [2.24, 2.45) is 4.99 Å². The lowest BCUT2D eigenvalue weighted by molar-refractivity contribution is -0.0502. The average molecular weight is 522 g/mol. The predicted molar refractivity (Wildman–Crippen MR) is 130 cm³/mol. The van der Waals surface area contributed by atoms with E-state index in [0.717, 1.165) is 50.9 Å². The first-order valence-corrected chi connectivity index (χ1v) is 10.4. The molecule has 2 aromatic carbocycles. The van der Waals surface area contributed by atoms with Crippen LogP contribution in [-0.4, -0.2) is 65.8 Å². The van der Waals surface area contributed by atoms with Gasteiger partial charge < -0.3 is 20.1 Å². The van der Waals surface area contributed by atoms with E-state index in [-0.39, 0.29) is 35.8 Å². The topological polar surface area (TPSA) is 60.3 Å². The quantitative estimate of drug-likeness (QED) is 0.359. The van der Waals surface area contributed by atoms with Gasteiger partial charge >= 0.3 is 0 Å². The van der Waals surface area contributed by atoms with Crippen molar-refractivity contribution >= 4 is 29.9 Å². The summed E-state index contributed by atoms with van der Waals surface area (Å²) in [5.74, 6) is 1.21. The molecule has 0 spiro atoms. The number of halogens is 1. The van der Waals surface area contributed by atoms with Crippen molar-refractivity contribution in [3.05, 3.63) is 65.7 Å². The Labute approximate surface area is 196 Å². The summed E-state index contributed by atoms with van der Waals surface area (Å²) in [4.78, 5) is 9.71. The molecule has 6 nitrogen and oxygen atoms in total. The zero-order valence-corrected chi connectivity index (χ0v) is 19.7. The molecular weight excluding hydrogens is 491 g/mol. The van der Waals surface area contributed by atoms with Crippen molar-refractivity contribution in [2.45, 2.75) is 32.2 Å². The average Bonchev–Trinajstić information content (AvgIpc) is 3.18. The van der Waals surface area contributed by atoms with Gasteiger partial charge in [0.05, 0.1) is 25.3 Å². The zero-order valence-electron chi connectivity index (χ0n) is 17.4. The minimum Gasteiger partial charge on any atom is -0.508 e. The largest absolute Gasteiger partial charge is 0.508 e. The smallest absolute Gasteiger partial charge is 0.194 e. The molecule has 2 saturated heterocycles. The van der Waals surface area contributed by atoms with Crippen LogP contribution in [0.3, 0.4) is 0 Å². The number of likely N-dealkylation sites (tertiary alicyclic amines) is 1. The van der Waals surface area contributed by atoms with Gasteiger partial charge in [-0.2, -0.15) is 0 Å². The molecule has 2 aromatic rings. The number of hydrogen-bond donors (Lipinski definition) is 2. The molecule has 0 amide bonds. The van der Waals surface area contributed by atoms with E-state index in [4.69, 9.17) is 9.73 Å². The molecular formula is C23H31IN4O2. The number of benzene rings is 2. The van der Waals surface area contributed by atoms with Crippen molar-refractivity contribution in [3.8, 4) is 5.75 Å². The fourth-order valence-corrected chi connectivity index (χ4v) is 4.14. The first-order valence-electron chi connectivity index (χ1n) is 10.4. The van der Waals surface area contributed by atoms with Gasteiger partial charge in [-0.05, 0) is 30.2 Å². The highest BCUT2D eigenvalue weighted by molar-refractivity contribution is 14.0. The molecule has 0 bridgehead atoms. The number of ether oxygens (including phenoxy) is 1. The maximum absolute atomic E-state index is 9.47. The lowest BCUT2D eigenvalue weighted by Crippen LogP contribution is -2.50. The van der Waals surface area contributed by atoms with Gasteiger partial charge in [-0.1, -0.05) is 42.5 Å². The van der Waals surface area contributed by atoms with E-state index in [9.17, 15) is 5.11 Å². The molecule has 0 aliphatic carbocycles. The van der Waals surface area contributed by atoms with Crippen molar-refractivity contribution in [2.75, 3.05) is 32.8 Å². The Hall–Kier alpha value is -1.84. The van der Waals surface area contributed by atoms with Gasteiger partial charge in [0.25, 0.3) is 0 Å². The highest BCUT2D eigenvalue weighted by Gasteiger charge is 2.41. The van der Waals surface area contributed by atoms with Crippen LogP contribution in [0.1, 0.15) is 18.1 Å². The van der Waals surface area contributed by atoms with Gasteiger partial charge in [-0.25, -0.2) is 4.99 Å². The fraction of sp³-hybridized carbons (Fsp3) is 0.435. The van der Waals surface area contributed by atoms with Crippen LogP contribution >= 0.6 is 24.0 Å². The Kier molecular flexibility index (Phi) is 8.35. The Morgan fingerprint density at radius 1 is 1.10 bits per heavy atom. The highest BCUT2D eigenvalue weighted by Crippen LogP contribution is 2.25. The Bertz CT molecular complexity index is 816. The Morgan fingerprint density at radius 3 is 2.60 bits per heavy atom. The second-order valence-electron chi connectivity index (χ2n) is 7.67. The van der Waals surface area contributed by atoms with Gasteiger partial charge in [0, 0.05) is 32.7 Å². The van der Waals surface area contributed by atoms with Gasteiger partial charge in [-0.3, -0.25) is 4.90 Å². The fourth-order valence-electron chi connectivity index (χ4n) is 4.14. The molecule has 2 N–H and O–H groups in total. The minimum atomic E-state index is 0. The number of rotatable bonds is 5. The monoisotopic (exact) mass is 522 g/mol. The summed E-state index contributed by atoms with van der Waals surface area (Å²) < 4.78 is 6.11. The third kappa shape index (κ3) is 5.65. The molecule has 2 atom stereocenters. The van der Waals surface area contributed by atoms with Crippen LogP contribution in [-0.2, 0) is 17.8 Å². The van der Waals surface area contributed by atoms with E-state index < -0.39 is 0 Å². The summed E-state index contributed by atoms with van der Waals surface area (Å²) >= 11 is 0. The molecule has 0 saturated carbocycles. The Morgan fingerprint density at radius 2 is 1.87 bits per heavy atom. The van der Waals surface area contributed by atoms with Gasteiger partial charge in [0.15, 0.2) is 5.96 Å². The predicted octanol–water partition coefficient (Wildman–Crippen LogP) is 3.06. The van der Waals surface area contributed by atoms with Crippen molar-refractivity contribution in [1.29, 1.82) is 0 Å². The summed E-state index contributed by atoms with van der Waals surface area (Å²) in [6.45, 7) is 7.99. The summed E-state index contributed by atoms with van der Waals surface area (Å²) in [5.41, 5.74) is 2.43. The van der Waals surface area contributed by atoms with Crippen LogP contribution in [0.25, 0.3) is 0 Å². The first-order chi connectivity index (χ1) is 14.2. The number of aromatic hydroxyl groups is 1. The molecule has 2 aliphatic rings. The molecule has 2 unspecified atom stereocenters. The van der Waals surface area contributed by atoms with Crippen LogP contribution in [0.15, 0.2) is 59.6 Å². The van der Waals surface area contributed by atoms with E-state index in [1.165, 1.54) is 5.56 Å². The second-order valence-corrected chi connectivity index (χ2v) is 7.67. The van der Waals surface area contributed by atoms with Gasteiger partial charge in [-0.15, -0.1) is 24.0 Å². The third-order valence-electron chi connectivity index (χ3n) is 5.63. The van der Waals surface area contributed by atoms with Crippen LogP contribution in [0.5, 0.6) is 5.75 Å². The molecule has 4 rings (SSSR count). The van der Waals surface area contributed by atoms with Gasteiger partial charge in [0.1, 0.15) is 5.75 Å². The zero-order chi connectivity index (χ0) is 20.1. The molecule has 30 heavy (non-hydrogen) atoms. The number of aliphatic imine (C=N–C) groups is 1. The highest BCUT2D eigenvalue weighted by atomic mass is 127. The normalized spacial score (nSPS) is 21.8. The number of guanidine groups is 1. The van der Waals surface area contributed by atoms with Crippen molar-refractivity contribution in [1.82, 2.24) is 15.1 Å². The molecule has 0 aromatic heterocycles. The minimum absolute atomic E-state index is 0. The summed E-state index contributed by atoms with van der Waals surface area (Å²) in [5, 5.41) is 12.9. The standard InChI is InChI=1S/C23H30N4O2.HI/c1-2-24-23(25-14-18-8-10-20(28)11-9-18)27-16-21-22(17-27)29-13-12-26(21)15-19-6-4-3-5-7-19;/h3-11,21-22,28H,2,12-17H2,1H3,(H,24,25);1H. The molecule has 2 heterocycles. The molecule has 162 valence electrons. The lowest BCUT2D eigenvalue weighted by Gasteiger charge is -2.36. The number of morpholine rings is 1. The van der Waals surface area contributed by atoms with Crippen molar-refractivity contribution in [3.63, 3.8) is 0 Å². The molecule has 2 aliphatic heterocycles. The third-order valence-corrected chi connectivity index (χ3v) is 5.63. The Balaban J connectivity index is 0.00000256. The van der Waals surface area contributed by atoms with E-state index in [1.54, 1.807) is 12.1 Å². The number of nitrogens with one attached hydrogen (secondary N) is 1. The van der Waals surface area contributed by atoms with Crippen molar-refractivity contribution < 1.29 is 9.84 Å².